The zero-order chi connectivity index (χ0) is 14.7. The van der Waals surface area contributed by atoms with Gasteiger partial charge in [-0.2, -0.15) is 0 Å². The molecule has 0 aromatic carbocycles. The van der Waals surface area contributed by atoms with Crippen LogP contribution in [0.1, 0.15) is 36.4 Å². The summed E-state index contributed by atoms with van der Waals surface area (Å²) in [7, 11) is 0. The van der Waals surface area contributed by atoms with Crippen LogP contribution in [0.15, 0.2) is 12.1 Å². The Balaban J connectivity index is 1.76. The molecule has 0 bridgehead atoms. The molecule has 0 spiro atoms. The fourth-order valence-electron chi connectivity index (χ4n) is 2.48. The van der Waals surface area contributed by atoms with E-state index in [-0.39, 0.29) is 23.9 Å². The zero-order valence-corrected chi connectivity index (χ0v) is 13.1. The van der Waals surface area contributed by atoms with Gasteiger partial charge in [-0.25, -0.2) is 0 Å². The molecule has 20 heavy (non-hydrogen) atoms. The number of hydrogen-bond donors (Lipinski definition) is 1. The van der Waals surface area contributed by atoms with Crippen LogP contribution in [0, 0.1) is 6.92 Å². The zero-order valence-electron chi connectivity index (χ0n) is 12.3. The minimum Gasteiger partial charge on any atom is -0.351 e. The molecule has 110 valence electrons. The highest BCUT2D eigenvalue weighted by Crippen LogP contribution is 2.17. The minimum atomic E-state index is -0.0255. The summed E-state index contributed by atoms with van der Waals surface area (Å²) in [6.45, 7) is 6.71. The molecule has 2 rings (SSSR count). The lowest BCUT2D eigenvalue weighted by Gasteiger charge is -2.21. The maximum Gasteiger partial charge on any atom is 0.225 e. The van der Waals surface area contributed by atoms with E-state index in [1.807, 2.05) is 18.7 Å². The van der Waals surface area contributed by atoms with Crippen molar-refractivity contribution in [2.24, 2.45) is 0 Å². The first kappa shape index (κ1) is 15.0. The van der Waals surface area contributed by atoms with E-state index < -0.39 is 0 Å². The predicted octanol–water partition coefficient (Wildman–Crippen LogP) is 2.11. The molecule has 1 unspecified atom stereocenters. The maximum absolute atomic E-state index is 11.9. The maximum atomic E-state index is 11.9. The molecular weight excluding hydrogens is 272 g/mol. The number of carbonyl (C=O) groups is 2. The Hall–Kier alpha value is -1.36. The molecule has 1 atom stereocenters. The summed E-state index contributed by atoms with van der Waals surface area (Å²) in [4.78, 5) is 28.0. The minimum absolute atomic E-state index is 0.0255. The van der Waals surface area contributed by atoms with Gasteiger partial charge in [0.2, 0.25) is 11.8 Å². The second-order valence-corrected chi connectivity index (χ2v) is 6.99. The number of nitrogens with zero attached hydrogens (tertiary/aromatic N) is 1. The van der Waals surface area contributed by atoms with Gasteiger partial charge in [-0.3, -0.25) is 9.59 Å². The summed E-state index contributed by atoms with van der Waals surface area (Å²) in [5.41, 5.74) is 0. The summed E-state index contributed by atoms with van der Waals surface area (Å²) >= 11 is 1.73. The highest BCUT2D eigenvalue weighted by atomic mass is 32.1. The number of rotatable bonds is 5. The second-order valence-electron chi connectivity index (χ2n) is 5.62. The summed E-state index contributed by atoms with van der Waals surface area (Å²) in [6.07, 6.45) is 1.70. The predicted molar refractivity (Wildman–Crippen MR) is 80.8 cm³/mol. The number of nitrogens with one attached hydrogen (secondary N) is 1. The molecule has 5 heteroatoms. The van der Waals surface area contributed by atoms with Gasteiger partial charge in [0.05, 0.1) is 6.04 Å². The Bertz CT molecular complexity index is 496. The van der Waals surface area contributed by atoms with Crippen LogP contribution >= 0.6 is 11.3 Å². The SMILES string of the molecule is Cc1ccc(CCC(=O)NC2CC(=O)N(C(C)C)C2)s1. The Labute approximate surface area is 124 Å². The lowest BCUT2D eigenvalue weighted by atomic mass is 10.2. The van der Waals surface area contributed by atoms with Crippen LogP contribution < -0.4 is 5.32 Å². The summed E-state index contributed by atoms with van der Waals surface area (Å²) in [5, 5.41) is 2.97. The van der Waals surface area contributed by atoms with Gasteiger partial charge in [0.25, 0.3) is 0 Å². The third kappa shape index (κ3) is 3.82. The Kier molecular flexibility index (Phi) is 4.81. The summed E-state index contributed by atoms with van der Waals surface area (Å²) < 4.78 is 0. The van der Waals surface area contributed by atoms with Gasteiger partial charge in [-0.1, -0.05) is 0 Å². The average Bonchev–Trinajstić information content (AvgIpc) is 2.93. The van der Waals surface area contributed by atoms with Crippen molar-refractivity contribution >= 4 is 23.2 Å². The molecule has 0 saturated carbocycles. The molecular formula is C15H22N2O2S. The van der Waals surface area contributed by atoms with Crippen LogP contribution in [-0.4, -0.2) is 35.3 Å². The number of hydrogen-bond acceptors (Lipinski definition) is 3. The Morgan fingerprint density at radius 2 is 2.25 bits per heavy atom. The van der Waals surface area contributed by atoms with Crippen molar-refractivity contribution in [3.05, 3.63) is 21.9 Å². The van der Waals surface area contributed by atoms with Crippen LogP contribution in [0.3, 0.4) is 0 Å². The largest absolute Gasteiger partial charge is 0.351 e. The Morgan fingerprint density at radius 3 is 2.80 bits per heavy atom. The van der Waals surface area contributed by atoms with Crippen molar-refractivity contribution in [3.63, 3.8) is 0 Å². The van der Waals surface area contributed by atoms with E-state index in [0.29, 0.717) is 19.4 Å². The van der Waals surface area contributed by atoms with Gasteiger partial charge in [-0.05, 0) is 39.3 Å². The smallest absolute Gasteiger partial charge is 0.225 e. The van der Waals surface area contributed by atoms with Gasteiger partial charge in [0, 0.05) is 35.2 Å². The molecule has 1 fully saturated rings. The van der Waals surface area contributed by atoms with Crippen LogP contribution in [0.25, 0.3) is 0 Å². The molecule has 0 radical (unpaired) electrons. The van der Waals surface area contributed by atoms with Gasteiger partial charge < -0.3 is 10.2 Å². The second kappa shape index (κ2) is 6.39. The first-order chi connectivity index (χ1) is 9.45. The van der Waals surface area contributed by atoms with Gasteiger partial charge >= 0.3 is 0 Å². The molecule has 1 aliphatic heterocycles. The van der Waals surface area contributed by atoms with Gasteiger partial charge in [0.1, 0.15) is 0 Å². The fourth-order valence-corrected chi connectivity index (χ4v) is 3.37. The number of likely N-dealkylation sites (tertiary alicyclic amines) is 1. The van der Waals surface area contributed by atoms with E-state index in [9.17, 15) is 9.59 Å². The normalized spacial score (nSPS) is 18.9. The van der Waals surface area contributed by atoms with E-state index >= 15 is 0 Å². The standard InChI is InChI=1S/C15H22N2O2S/c1-10(2)17-9-12(8-15(17)19)16-14(18)7-6-13-5-4-11(3)20-13/h4-5,10,12H,6-9H2,1-3H3,(H,16,18). The topological polar surface area (TPSA) is 49.4 Å². The molecule has 4 nitrogen and oxygen atoms in total. The average molecular weight is 294 g/mol. The van der Waals surface area contributed by atoms with Crippen molar-refractivity contribution < 1.29 is 9.59 Å². The van der Waals surface area contributed by atoms with Crippen LogP contribution in [0.2, 0.25) is 0 Å². The van der Waals surface area contributed by atoms with Crippen molar-refractivity contribution in [2.45, 2.75) is 52.1 Å². The van der Waals surface area contributed by atoms with Gasteiger partial charge in [-0.15, -0.1) is 11.3 Å². The number of thiophene rings is 1. The molecule has 2 heterocycles. The highest BCUT2D eigenvalue weighted by molar-refractivity contribution is 7.11. The first-order valence-corrected chi connectivity index (χ1v) is 7.91. The Morgan fingerprint density at radius 1 is 1.50 bits per heavy atom. The van der Waals surface area contributed by atoms with Gasteiger partial charge in [0.15, 0.2) is 0 Å². The summed E-state index contributed by atoms with van der Waals surface area (Å²) in [5.74, 6) is 0.179. The van der Waals surface area contributed by atoms with Crippen molar-refractivity contribution in [1.82, 2.24) is 10.2 Å². The van der Waals surface area contributed by atoms with Crippen molar-refractivity contribution in [2.75, 3.05) is 6.54 Å². The fraction of sp³-hybridized carbons (Fsp3) is 0.600. The lowest BCUT2D eigenvalue weighted by Crippen LogP contribution is -2.38. The molecule has 1 aliphatic rings. The molecule has 1 aromatic heterocycles. The summed E-state index contributed by atoms with van der Waals surface area (Å²) in [6, 6.07) is 4.34. The first-order valence-electron chi connectivity index (χ1n) is 7.10. The van der Waals surface area contributed by atoms with E-state index in [0.717, 1.165) is 6.42 Å². The van der Waals surface area contributed by atoms with E-state index in [4.69, 9.17) is 0 Å². The van der Waals surface area contributed by atoms with E-state index in [1.54, 1.807) is 11.3 Å². The van der Waals surface area contributed by atoms with Crippen LogP contribution in [-0.2, 0) is 16.0 Å². The monoisotopic (exact) mass is 294 g/mol. The molecule has 2 amide bonds. The molecule has 1 N–H and O–H groups in total. The van der Waals surface area contributed by atoms with E-state index in [2.05, 4.69) is 24.4 Å². The molecule has 1 saturated heterocycles. The third-order valence-electron chi connectivity index (χ3n) is 3.54. The molecule has 0 aliphatic carbocycles. The third-order valence-corrected chi connectivity index (χ3v) is 4.60. The number of carbonyl (C=O) groups excluding carboxylic acids is 2. The van der Waals surface area contributed by atoms with Crippen molar-refractivity contribution in [1.29, 1.82) is 0 Å². The highest BCUT2D eigenvalue weighted by Gasteiger charge is 2.31. The quantitative estimate of drug-likeness (QED) is 0.904. The number of amides is 2. The lowest BCUT2D eigenvalue weighted by molar-refractivity contribution is -0.129. The van der Waals surface area contributed by atoms with E-state index in [1.165, 1.54) is 9.75 Å². The van der Waals surface area contributed by atoms with Crippen molar-refractivity contribution in [3.8, 4) is 0 Å². The molecule has 1 aromatic rings. The van der Waals surface area contributed by atoms with Crippen LogP contribution in [0.5, 0.6) is 0 Å². The van der Waals surface area contributed by atoms with Crippen LogP contribution in [0.4, 0.5) is 0 Å². The number of aryl methyl sites for hydroxylation is 2.